The summed E-state index contributed by atoms with van der Waals surface area (Å²) < 4.78 is 60.6. The predicted molar refractivity (Wildman–Crippen MR) is 154 cm³/mol. The molecule has 2 atom stereocenters. The largest absolute Gasteiger partial charge is 0.415 e. The number of aromatic nitrogens is 3. The number of rotatable bonds is 7. The van der Waals surface area contributed by atoms with Gasteiger partial charge in [-0.3, -0.25) is 4.68 Å². The van der Waals surface area contributed by atoms with E-state index < -0.39 is 18.4 Å². The van der Waals surface area contributed by atoms with Crippen LogP contribution in [0.2, 0.25) is 0 Å². The first kappa shape index (κ1) is 31.5. The van der Waals surface area contributed by atoms with Crippen LogP contribution in [0.25, 0.3) is 11.6 Å². The van der Waals surface area contributed by atoms with Crippen LogP contribution in [0.15, 0.2) is 54.4 Å². The zero-order chi connectivity index (χ0) is 27.2. The summed E-state index contributed by atoms with van der Waals surface area (Å²) in [6, 6.07) is 3.42. The summed E-state index contributed by atoms with van der Waals surface area (Å²) in [7, 11) is 1.62. The van der Waals surface area contributed by atoms with E-state index in [4.69, 9.17) is 4.74 Å². The number of allylic oxidation sites excluding steroid dienone is 5. The van der Waals surface area contributed by atoms with Crippen molar-refractivity contribution in [1.82, 2.24) is 20.1 Å². The number of methoxy groups -OCH3 is 1. The molecule has 2 unspecified atom stereocenters. The number of aryl methyl sites for hydroxylation is 1. The molecule has 0 aromatic carbocycles. The van der Waals surface area contributed by atoms with E-state index in [1.54, 1.807) is 37.2 Å². The molecule has 4 rings (SSSR count). The number of hydrogen-bond donors (Lipinski definition) is 2. The van der Waals surface area contributed by atoms with Crippen LogP contribution in [0, 0.1) is 0 Å². The Morgan fingerprint density at radius 2 is 2.08 bits per heavy atom. The van der Waals surface area contributed by atoms with E-state index >= 15 is 0 Å². The van der Waals surface area contributed by atoms with Gasteiger partial charge >= 0.3 is 6.18 Å². The van der Waals surface area contributed by atoms with Crippen LogP contribution in [0.1, 0.15) is 68.4 Å². The molecular weight excluding hydrogens is 613 g/mol. The van der Waals surface area contributed by atoms with Crippen LogP contribution in [-0.4, -0.2) is 34.7 Å². The fourth-order valence-electron chi connectivity index (χ4n) is 4.33. The molecule has 2 N–H and O–H groups in total. The lowest BCUT2D eigenvalue weighted by atomic mass is 9.98. The molecule has 0 spiro atoms. The molecule has 4 heterocycles. The maximum absolute atomic E-state index is 13.7. The molecule has 0 amide bonds. The molecule has 38 heavy (non-hydrogen) atoms. The van der Waals surface area contributed by atoms with Gasteiger partial charge in [0.15, 0.2) is 6.23 Å². The van der Waals surface area contributed by atoms with Crippen molar-refractivity contribution in [2.24, 2.45) is 0 Å². The van der Waals surface area contributed by atoms with E-state index in [1.807, 2.05) is 26.0 Å². The Labute approximate surface area is 238 Å². The summed E-state index contributed by atoms with van der Waals surface area (Å²) in [5, 5.41) is 11.1. The molecule has 2 aliphatic heterocycles. The number of fused-ring (bicyclic) bond motifs is 2. The Morgan fingerprint density at radius 3 is 2.71 bits per heavy atom. The van der Waals surface area contributed by atoms with Crippen LogP contribution >= 0.6 is 24.0 Å². The molecule has 0 bridgehead atoms. The molecule has 2 aromatic rings. The quantitative estimate of drug-likeness (QED) is 0.185. The Bertz CT molecular complexity index is 1200. The van der Waals surface area contributed by atoms with Gasteiger partial charge in [0.1, 0.15) is 12.5 Å². The Morgan fingerprint density at radius 1 is 1.34 bits per heavy atom. The summed E-state index contributed by atoms with van der Waals surface area (Å²) in [5.74, 6) is 0.669. The Hall–Kier alpha value is -2.67. The van der Waals surface area contributed by atoms with Gasteiger partial charge in [0, 0.05) is 42.1 Å². The SMILES string of the molecule is C=C(/C=C(\C(=C/C)CF)c1cc2n(n1)CCCC2Nc1nccc2c1C=CNC2OC)C(F)(F)F.CC.I. The van der Waals surface area contributed by atoms with E-state index in [1.165, 1.54) is 6.08 Å². The molecule has 2 aliphatic rings. The second-order valence-corrected chi connectivity index (χ2v) is 8.32. The van der Waals surface area contributed by atoms with Crippen molar-refractivity contribution in [1.29, 1.82) is 0 Å². The van der Waals surface area contributed by atoms with Crippen LogP contribution in [-0.2, 0) is 11.3 Å². The zero-order valence-corrected chi connectivity index (χ0v) is 24.2. The molecule has 0 saturated heterocycles. The number of nitrogens with one attached hydrogen (secondary N) is 2. The lowest BCUT2D eigenvalue weighted by Gasteiger charge is -2.28. The zero-order valence-electron chi connectivity index (χ0n) is 21.9. The topological polar surface area (TPSA) is 64.0 Å². The van der Waals surface area contributed by atoms with Crippen LogP contribution in [0.3, 0.4) is 0 Å². The summed E-state index contributed by atoms with van der Waals surface area (Å²) in [6.45, 7) is 8.39. The third kappa shape index (κ3) is 6.85. The van der Waals surface area contributed by atoms with E-state index in [2.05, 4.69) is 27.3 Å². The van der Waals surface area contributed by atoms with Gasteiger partial charge in [-0.2, -0.15) is 18.3 Å². The average molecular weight is 647 g/mol. The first-order chi connectivity index (χ1) is 17.8. The summed E-state index contributed by atoms with van der Waals surface area (Å²) >= 11 is 0. The van der Waals surface area contributed by atoms with Crippen molar-refractivity contribution in [3.05, 3.63) is 76.9 Å². The van der Waals surface area contributed by atoms with Crippen molar-refractivity contribution in [2.45, 2.75) is 58.6 Å². The standard InChI is InChI=1S/C25H27F4N5O.C2H6.HI/c1-4-16(14-26)19(12-15(2)25(27,28)29)21-13-22-20(6-5-11-34(22)33-21)32-23-17-7-10-31-24(35-3)18(17)8-9-30-23;1-2;/h4,7-10,12-13,20,24,31H,2,5-6,11,14H2,1,3H3,(H,30,32);1-2H3;1H/b16-4-,19-12+;;. The van der Waals surface area contributed by atoms with E-state index in [9.17, 15) is 17.6 Å². The highest BCUT2D eigenvalue weighted by atomic mass is 127. The highest BCUT2D eigenvalue weighted by Crippen LogP contribution is 2.36. The number of halogens is 5. The number of anilines is 1. The van der Waals surface area contributed by atoms with Crippen molar-refractivity contribution >= 4 is 41.4 Å². The monoisotopic (exact) mass is 647 g/mol. The van der Waals surface area contributed by atoms with E-state index in [0.717, 1.165) is 35.7 Å². The Kier molecular flexibility index (Phi) is 11.6. The lowest BCUT2D eigenvalue weighted by Crippen LogP contribution is -2.25. The fourth-order valence-corrected chi connectivity index (χ4v) is 4.33. The number of hydrogen-bond acceptors (Lipinski definition) is 5. The van der Waals surface area contributed by atoms with Gasteiger partial charge in [-0.25, -0.2) is 9.37 Å². The van der Waals surface area contributed by atoms with Crippen molar-refractivity contribution < 1.29 is 22.3 Å². The Balaban J connectivity index is 0.00000165. The highest BCUT2D eigenvalue weighted by Gasteiger charge is 2.32. The number of alkyl halides is 4. The van der Waals surface area contributed by atoms with Gasteiger partial charge in [0.2, 0.25) is 0 Å². The molecule has 0 fully saturated rings. The van der Waals surface area contributed by atoms with Gasteiger partial charge in [-0.05, 0) is 55.8 Å². The van der Waals surface area contributed by atoms with Crippen LogP contribution in [0.4, 0.5) is 23.4 Å². The number of pyridine rings is 1. The van der Waals surface area contributed by atoms with Gasteiger partial charge in [0.05, 0.1) is 17.4 Å². The number of nitrogens with zero attached hydrogens (tertiary/aromatic N) is 3. The first-order valence-electron chi connectivity index (χ1n) is 12.2. The lowest BCUT2D eigenvalue weighted by molar-refractivity contribution is -0.0877. The molecule has 2 aromatic heterocycles. The normalized spacial score (nSPS) is 18.7. The maximum atomic E-state index is 13.7. The molecule has 0 saturated carbocycles. The maximum Gasteiger partial charge on any atom is 0.415 e. The second kappa shape index (κ2) is 13.9. The molecule has 6 nitrogen and oxygen atoms in total. The van der Waals surface area contributed by atoms with Gasteiger partial charge in [0.25, 0.3) is 0 Å². The van der Waals surface area contributed by atoms with Crippen molar-refractivity contribution in [3.8, 4) is 0 Å². The third-order valence-corrected chi connectivity index (χ3v) is 6.18. The summed E-state index contributed by atoms with van der Waals surface area (Å²) in [5.41, 5.74) is 2.04. The smallest absolute Gasteiger partial charge is 0.362 e. The van der Waals surface area contributed by atoms with Gasteiger partial charge in [-0.1, -0.05) is 26.5 Å². The summed E-state index contributed by atoms with van der Waals surface area (Å²) in [4.78, 5) is 4.51. The molecule has 0 radical (unpaired) electrons. The van der Waals surface area contributed by atoms with Crippen LogP contribution in [0.5, 0.6) is 0 Å². The predicted octanol–water partition coefficient (Wildman–Crippen LogP) is 7.51. The molecule has 11 heteroatoms. The summed E-state index contributed by atoms with van der Waals surface area (Å²) in [6.07, 6.45) is 4.40. The van der Waals surface area contributed by atoms with Crippen molar-refractivity contribution in [3.63, 3.8) is 0 Å². The minimum atomic E-state index is -4.62. The third-order valence-electron chi connectivity index (χ3n) is 6.18. The molecule has 208 valence electrons. The second-order valence-electron chi connectivity index (χ2n) is 8.32. The molecular formula is C27H34F4IN5O. The average Bonchev–Trinajstić information content (AvgIpc) is 3.34. The fraction of sp³-hybridized carbons (Fsp3) is 0.407. The van der Waals surface area contributed by atoms with E-state index in [-0.39, 0.29) is 53.1 Å². The van der Waals surface area contributed by atoms with Crippen LogP contribution < -0.4 is 10.6 Å². The number of ether oxygens (including phenoxy) is 1. The molecule has 0 aliphatic carbocycles. The van der Waals surface area contributed by atoms with E-state index in [0.29, 0.717) is 12.4 Å². The minimum Gasteiger partial charge on any atom is -0.362 e. The van der Waals surface area contributed by atoms with Crippen molar-refractivity contribution in [2.75, 3.05) is 19.1 Å². The van der Waals surface area contributed by atoms with Gasteiger partial charge in [-0.15, -0.1) is 24.0 Å². The van der Waals surface area contributed by atoms with Gasteiger partial charge < -0.3 is 15.4 Å². The minimum absolute atomic E-state index is 0. The highest BCUT2D eigenvalue weighted by molar-refractivity contribution is 14.0. The first-order valence-corrected chi connectivity index (χ1v) is 12.2.